The van der Waals surface area contributed by atoms with Gasteiger partial charge in [-0.15, -0.1) is 0 Å². The molecule has 0 aliphatic heterocycles. The molecule has 1 aromatic rings. The van der Waals surface area contributed by atoms with Crippen molar-refractivity contribution in [3.8, 4) is 0 Å². The fourth-order valence-corrected chi connectivity index (χ4v) is 2.01. The van der Waals surface area contributed by atoms with Crippen molar-refractivity contribution in [3.63, 3.8) is 0 Å². The molecule has 4 nitrogen and oxygen atoms in total. The van der Waals surface area contributed by atoms with Crippen LogP contribution in [-0.4, -0.2) is 25.5 Å². The van der Waals surface area contributed by atoms with Crippen molar-refractivity contribution in [2.45, 2.75) is 32.6 Å². The van der Waals surface area contributed by atoms with E-state index in [9.17, 15) is 9.59 Å². The molecule has 0 unspecified atom stereocenters. The van der Waals surface area contributed by atoms with E-state index in [1.54, 1.807) is 12.2 Å². The van der Waals surface area contributed by atoms with Gasteiger partial charge in [-0.05, 0) is 25.3 Å². The molecule has 0 heterocycles. The molecule has 0 fully saturated rings. The van der Waals surface area contributed by atoms with Gasteiger partial charge in [0.2, 0.25) is 5.91 Å². The lowest BCUT2D eigenvalue weighted by Gasteiger charge is -2.02. The molecule has 1 N–H and O–H groups in total. The molecule has 124 valence electrons. The Morgan fingerprint density at radius 3 is 2.52 bits per heavy atom. The van der Waals surface area contributed by atoms with E-state index < -0.39 is 0 Å². The van der Waals surface area contributed by atoms with E-state index in [1.807, 2.05) is 43.3 Å². The quantitative estimate of drug-likeness (QED) is 0.328. The van der Waals surface area contributed by atoms with Gasteiger partial charge in [-0.1, -0.05) is 54.5 Å². The number of hydrogen-bond donors (Lipinski definition) is 1. The zero-order valence-electron chi connectivity index (χ0n) is 13.9. The highest BCUT2D eigenvalue weighted by molar-refractivity contribution is 5.88. The summed E-state index contributed by atoms with van der Waals surface area (Å²) in [7, 11) is 1.39. The maximum atomic E-state index is 11.7. The second-order valence-corrected chi connectivity index (χ2v) is 5.31. The van der Waals surface area contributed by atoms with Gasteiger partial charge in [0.25, 0.3) is 0 Å². The van der Waals surface area contributed by atoms with Crippen LogP contribution in [0.2, 0.25) is 0 Å². The van der Waals surface area contributed by atoms with Gasteiger partial charge in [0.1, 0.15) is 0 Å². The molecule has 0 saturated carbocycles. The van der Waals surface area contributed by atoms with Gasteiger partial charge in [0.15, 0.2) is 0 Å². The average molecular weight is 315 g/mol. The number of allylic oxidation sites excluding steroid dienone is 2. The number of benzene rings is 1. The summed E-state index contributed by atoms with van der Waals surface area (Å²) in [5.74, 6) is -0.281. The number of hydrogen-bond acceptors (Lipinski definition) is 3. The van der Waals surface area contributed by atoms with E-state index in [2.05, 4.69) is 10.1 Å². The van der Waals surface area contributed by atoms with Crippen molar-refractivity contribution in [2.75, 3.05) is 13.7 Å². The molecule has 23 heavy (non-hydrogen) atoms. The highest BCUT2D eigenvalue weighted by atomic mass is 16.5. The SMILES string of the molecule is COC(=O)CCCCCNC(=O)/C=C/C(C)=C/c1ccccc1. The predicted molar refractivity (Wildman–Crippen MR) is 92.7 cm³/mol. The summed E-state index contributed by atoms with van der Waals surface area (Å²) in [5, 5.41) is 2.83. The summed E-state index contributed by atoms with van der Waals surface area (Å²) in [6, 6.07) is 9.98. The number of amides is 1. The lowest BCUT2D eigenvalue weighted by Crippen LogP contribution is -2.22. The van der Waals surface area contributed by atoms with Crippen LogP contribution in [0.3, 0.4) is 0 Å². The number of nitrogens with one attached hydrogen (secondary N) is 1. The summed E-state index contributed by atoms with van der Waals surface area (Å²) in [5.41, 5.74) is 2.13. The fourth-order valence-electron chi connectivity index (χ4n) is 2.01. The zero-order valence-corrected chi connectivity index (χ0v) is 13.9. The Morgan fingerprint density at radius 2 is 1.83 bits per heavy atom. The third-order valence-electron chi connectivity index (χ3n) is 3.28. The fraction of sp³-hybridized carbons (Fsp3) is 0.368. The minimum atomic E-state index is -0.183. The Balaban J connectivity index is 2.20. The Bertz CT molecular complexity index is 547. The number of esters is 1. The van der Waals surface area contributed by atoms with Crippen molar-refractivity contribution < 1.29 is 14.3 Å². The van der Waals surface area contributed by atoms with Crippen molar-refractivity contribution in [3.05, 3.63) is 53.6 Å². The highest BCUT2D eigenvalue weighted by Gasteiger charge is 1.99. The van der Waals surface area contributed by atoms with E-state index in [0.717, 1.165) is 30.4 Å². The summed E-state index contributed by atoms with van der Waals surface area (Å²) < 4.78 is 4.57. The molecule has 0 saturated heterocycles. The standard InChI is InChI=1S/C19H25NO3/c1-16(15-17-9-5-3-6-10-17)12-13-18(21)20-14-8-4-7-11-19(22)23-2/h3,5-6,9-10,12-13,15H,4,7-8,11,14H2,1-2H3,(H,20,21)/b13-12+,16-15+. The zero-order chi connectivity index (χ0) is 16.9. The van der Waals surface area contributed by atoms with Crippen LogP contribution in [0.4, 0.5) is 0 Å². The topological polar surface area (TPSA) is 55.4 Å². The number of carbonyl (C=O) groups is 2. The van der Waals surface area contributed by atoms with Gasteiger partial charge in [0.05, 0.1) is 7.11 Å². The van der Waals surface area contributed by atoms with E-state index in [1.165, 1.54) is 7.11 Å². The number of ether oxygens (including phenoxy) is 1. The Labute approximate surface area is 138 Å². The molecular formula is C19H25NO3. The van der Waals surface area contributed by atoms with E-state index in [-0.39, 0.29) is 11.9 Å². The molecule has 1 aromatic carbocycles. The Morgan fingerprint density at radius 1 is 1.09 bits per heavy atom. The maximum absolute atomic E-state index is 11.7. The molecule has 4 heteroatoms. The summed E-state index contributed by atoms with van der Waals surface area (Å²) in [4.78, 5) is 22.6. The summed E-state index contributed by atoms with van der Waals surface area (Å²) in [6.45, 7) is 2.58. The minimum Gasteiger partial charge on any atom is -0.469 e. The van der Waals surface area contributed by atoms with Crippen LogP contribution in [0.1, 0.15) is 38.2 Å². The second kappa shape index (κ2) is 11.2. The highest BCUT2D eigenvalue weighted by Crippen LogP contribution is 2.06. The van der Waals surface area contributed by atoms with E-state index >= 15 is 0 Å². The number of carbonyl (C=O) groups excluding carboxylic acids is 2. The lowest BCUT2D eigenvalue weighted by atomic mass is 10.1. The number of rotatable bonds is 9. The van der Waals surface area contributed by atoms with Gasteiger partial charge in [-0.25, -0.2) is 0 Å². The van der Waals surface area contributed by atoms with Crippen LogP contribution in [0.15, 0.2) is 48.1 Å². The molecule has 0 aromatic heterocycles. The van der Waals surface area contributed by atoms with Gasteiger partial charge in [-0.2, -0.15) is 0 Å². The molecule has 0 spiro atoms. The molecule has 1 amide bonds. The first-order chi connectivity index (χ1) is 11.1. The molecule has 0 bridgehead atoms. The number of methoxy groups -OCH3 is 1. The van der Waals surface area contributed by atoms with Gasteiger partial charge < -0.3 is 10.1 Å². The molecule has 1 rings (SSSR count). The third-order valence-corrected chi connectivity index (χ3v) is 3.28. The van der Waals surface area contributed by atoms with Crippen LogP contribution in [0.25, 0.3) is 6.08 Å². The Kier molecular flexibility index (Phi) is 9.13. The van der Waals surface area contributed by atoms with Gasteiger partial charge in [0, 0.05) is 19.0 Å². The maximum Gasteiger partial charge on any atom is 0.305 e. The third kappa shape index (κ3) is 9.30. The van der Waals surface area contributed by atoms with E-state index in [4.69, 9.17) is 0 Å². The van der Waals surface area contributed by atoms with Crippen LogP contribution < -0.4 is 5.32 Å². The van der Waals surface area contributed by atoms with Crippen LogP contribution in [-0.2, 0) is 14.3 Å². The molecule has 0 aliphatic rings. The van der Waals surface area contributed by atoms with Crippen LogP contribution in [0, 0.1) is 0 Å². The first-order valence-electron chi connectivity index (χ1n) is 7.88. The normalized spacial score (nSPS) is 11.5. The monoisotopic (exact) mass is 315 g/mol. The average Bonchev–Trinajstić information content (AvgIpc) is 2.56. The smallest absolute Gasteiger partial charge is 0.305 e. The largest absolute Gasteiger partial charge is 0.469 e. The molecule has 0 atom stereocenters. The molecule has 0 aliphatic carbocycles. The lowest BCUT2D eigenvalue weighted by molar-refractivity contribution is -0.140. The van der Waals surface area contributed by atoms with Gasteiger partial charge >= 0.3 is 5.97 Å². The predicted octanol–water partition coefficient (Wildman–Crippen LogP) is 3.50. The van der Waals surface area contributed by atoms with Crippen LogP contribution in [0.5, 0.6) is 0 Å². The summed E-state index contributed by atoms with van der Waals surface area (Å²) >= 11 is 0. The first kappa shape index (κ1) is 18.7. The second-order valence-electron chi connectivity index (χ2n) is 5.31. The first-order valence-corrected chi connectivity index (χ1v) is 7.88. The van der Waals surface area contributed by atoms with Crippen LogP contribution >= 0.6 is 0 Å². The Hall–Kier alpha value is -2.36. The molecule has 0 radical (unpaired) electrons. The minimum absolute atomic E-state index is 0.0984. The van der Waals surface area contributed by atoms with Gasteiger partial charge in [-0.3, -0.25) is 9.59 Å². The van der Waals surface area contributed by atoms with E-state index in [0.29, 0.717) is 13.0 Å². The number of unbranched alkanes of at least 4 members (excludes halogenated alkanes) is 2. The van der Waals surface area contributed by atoms with Crippen molar-refractivity contribution in [1.82, 2.24) is 5.32 Å². The van der Waals surface area contributed by atoms with Crippen molar-refractivity contribution >= 4 is 18.0 Å². The summed E-state index contributed by atoms with van der Waals surface area (Å²) in [6.07, 6.45) is 8.35. The van der Waals surface area contributed by atoms with Crippen molar-refractivity contribution in [1.29, 1.82) is 0 Å². The molecular weight excluding hydrogens is 290 g/mol. The van der Waals surface area contributed by atoms with Crippen molar-refractivity contribution in [2.24, 2.45) is 0 Å².